The van der Waals surface area contributed by atoms with Crippen LogP contribution in [0.5, 0.6) is 0 Å². The predicted octanol–water partition coefficient (Wildman–Crippen LogP) is 2.64. The van der Waals surface area contributed by atoms with Gasteiger partial charge in [0.15, 0.2) is 0 Å². The average Bonchev–Trinajstić information content (AvgIpc) is 3.02. The number of thiazole rings is 1. The van der Waals surface area contributed by atoms with E-state index in [4.69, 9.17) is 4.74 Å². The molecule has 120 valence electrons. The van der Waals surface area contributed by atoms with E-state index in [1.807, 2.05) is 0 Å². The number of amides is 1. The van der Waals surface area contributed by atoms with Gasteiger partial charge in [0.1, 0.15) is 5.01 Å². The standard InChI is InChI=1S/C18H20N2O2S/c21-18(14-6-5-12-3-1-2-4-13(12)9-14)19-10-17-20-15-7-8-22-11-16(15)23-17/h1-4,14H,5-11H2,(H,19,21). The summed E-state index contributed by atoms with van der Waals surface area (Å²) in [6, 6.07) is 8.45. The van der Waals surface area contributed by atoms with Crippen molar-refractivity contribution in [3.05, 3.63) is 51.0 Å². The quantitative estimate of drug-likeness (QED) is 0.942. The number of carbonyl (C=O) groups excluding carboxylic acids is 1. The molecule has 1 aromatic heterocycles. The Balaban J connectivity index is 1.36. The summed E-state index contributed by atoms with van der Waals surface area (Å²) in [7, 11) is 0. The molecular formula is C18H20N2O2S. The number of benzene rings is 1. The second-order valence-corrected chi connectivity index (χ2v) is 7.37. The molecule has 1 aliphatic carbocycles. The smallest absolute Gasteiger partial charge is 0.223 e. The van der Waals surface area contributed by atoms with E-state index in [9.17, 15) is 4.79 Å². The van der Waals surface area contributed by atoms with Crippen LogP contribution in [0.15, 0.2) is 24.3 Å². The van der Waals surface area contributed by atoms with Gasteiger partial charge in [-0.05, 0) is 30.4 Å². The fraction of sp³-hybridized carbons (Fsp3) is 0.444. The van der Waals surface area contributed by atoms with Crippen LogP contribution < -0.4 is 5.32 Å². The van der Waals surface area contributed by atoms with Gasteiger partial charge < -0.3 is 10.1 Å². The third kappa shape index (κ3) is 3.16. The summed E-state index contributed by atoms with van der Waals surface area (Å²) in [6.07, 6.45) is 3.67. The van der Waals surface area contributed by atoms with Gasteiger partial charge in [0, 0.05) is 12.3 Å². The molecule has 0 fully saturated rings. The average molecular weight is 328 g/mol. The molecule has 1 unspecified atom stereocenters. The lowest BCUT2D eigenvalue weighted by atomic mass is 9.83. The summed E-state index contributed by atoms with van der Waals surface area (Å²) < 4.78 is 5.45. The fourth-order valence-corrected chi connectivity index (χ4v) is 4.38. The molecule has 23 heavy (non-hydrogen) atoms. The van der Waals surface area contributed by atoms with E-state index in [1.165, 1.54) is 16.0 Å². The molecule has 1 amide bonds. The van der Waals surface area contributed by atoms with Crippen LogP contribution in [0, 0.1) is 5.92 Å². The Bertz CT molecular complexity index is 702. The SMILES string of the molecule is O=C(NCc1nc2c(s1)COCC2)C1CCc2ccccc2C1. The summed E-state index contributed by atoms with van der Waals surface area (Å²) >= 11 is 1.66. The van der Waals surface area contributed by atoms with E-state index in [0.717, 1.165) is 43.0 Å². The number of carbonyl (C=O) groups is 1. The van der Waals surface area contributed by atoms with E-state index in [2.05, 4.69) is 34.6 Å². The second kappa shape index (κ2) is 6.42. The van der Waals surface area contributed by atoms with Crippen molar-refractivity contribution in [1.82, 2.24) is 10.3 Å². The van der Waals surface area contributed by atoms with E-state index < -0.39 is 0 Å². The lowest BCUT2D eigenvalue weighted by Crippen LogP contribution is -2.33. The molecule has 0 saturated heterocycles. The molecule has 1 aromatic carbocycles. The number of nitrogens with one attached hydrogen (secondary N) is 1. The van der Waals surface area contributed by atoms with Gasteiger partial charge in [-0.15, -0.1) is 11.3 Å². The minimum Gasteiger partial charge on any atom is -0.375 e. The van der Waals surface area contributed by atoms with Gasteiger partial charge >= 0.3 is 0 Å². The van der Waals surface area contributed by atoms with Gasteiger partial charge in [0.2, 0.25) is 5.91 Å². The minimum atomic E-state index is 0.0859. The zero-order valence-corrected chi connectivity index (χ0v) is 13.8. The van der Waals surface area contributed by atoms with Crippen molar-refractivity contribution in [1.29, 1.82) is 0 Å². The molecular weight excluding hydrogens is 308 g/mol. The number of nitrogens with zero attached hydrogens (tertiary/aromatic N) is 1. The first-order valence-electron chi connectivity index (χ1n) is 8.19. The van der Waals surface area contributed by atoms with Crippen molar-refractivity contribution < 1.29 is 9.53 Å². The molecule has 4 nitrogen and oxygen atoms in total. The third-order valence-corrected chi connectivity index (χ3v) is 5.74. The van der Waals surface area contributed by atoms with Crippen molar-refractivity contribution in [2.24, 2.45) is 5.92 Å². The zero-order valence-electron chi connectivity index (χ0n) is 13.0. The Kier molecular flexibility index (Phi) is 4.14. The first-order valence-corrected chi connectivity index (χ1v) is 9.01. The Morgan fingerprint density at radius 2 is 2.17 bits per heavy atom. The maximum Gasteiger partial charge on any atom is 0.223 e. The van der Waals surface area contributed by atoms with E-state index in [-0.39, 0.29) is 11.8 Å². The summed E-state index contributed by atoms with van der Waals surface area (Å²) in [5, 5.41) is 4.07. The fourth-order valence-electron chi connectivity index (χ4n) is 3.38. The molecule has 0 radical (unpaired) electrons. The van der Waals surface area contributed by atoms with Crippen molar-refractivity contribution in [2.75, 3.05) is 6.61 Å². The van der Waals surface area contributed by atoms with Crippen LogP contribution in [0.4, 0.5) is 0 Å². The maximum absolute atomic E-state index is 12.5. The van der Waals surface area contributed by atoms with Crippen molar-refractivity contribution in [3.8, 4) is 0 Å². The molecule has 4 rings (SSSR count). The van der Waals surface area contributed by atoms with Crippen molar-refractivity contribution in [3.63, 3.8) is 0 Å². The number of aryl methyl sites for hydroxylation is 1. The van der Waals surface area contributed by atoms with Gasteiger partial charge in [0.05, 0.1) is 30.3 Å². The molecule has 1 atom stereocenters. The Morgan fingerprint density at radius 3 is 3.04 bits per heavy atom. The molecule has 5 heteroatoms. The van der Waals surface area contributed by atoms with Crippen LogP contribution in [0.2, 0.25) is 0 Å². The predicted molar refractivity (Wildman–Crippen MR) is 89.3 cm³/mol. The molecule has 0 spiro atoms. The highest BCUT2D eigenvalue weighted by atomic mass is 32.1. The summed E-state index contributed by atoms with van der Waals surface area (Å²) in [4.78, 5) is 18.3. The van der Waals surface area contributed by atoms with E-state index >= 15 is 0 Å². The normalized spacial score (nSPS) is 19.7. The molecule has 2 heterocycles. The second-order valence-electron chi connectivity index (χ2n) is 6.21. The highest BCUT2D eigenvalue weighted by molar-refractivity contribution is 7.11. The number of hydrogen-bond donors (Lipinski definition) is 1. The lowest BCUT2D eigenvalue weighted by molar-refractivity contribution is -0.125. The monoisotopic (exact) mass is 328 g/mol. The number of aromatic nitrogens is 1. The Labute approximate surface area is 139 Å². The van der Waals surface area contributed by atoms with E-state index in [1.54, 1.807) is 11.3 Å². The van der Waals surface area contributed by atoms with Gasteiger partial charge in [-0.2, -0.15) is 0 Å². The largest absolute Gasteiger partial charge is 0.375 e. The summed E-state index contributed by atoms with van der Waals surface area (Å²) in [5.41, 5.74) is 3.86. The van der Waals surface area contributed by atoms with Gasteiger partial charge in [0.25, 0.3) is 0 Å². The number of rotatable bonds is 3. The molecule has 0 bridgehead atoms. The van der Waals surface area contributed by atoms with Crippen molar-refractivity contribution >= 4 is 17.2 Å². The molecule has 0 saturated carbocycles. The Hall–Kier alpha value is -1.72. The van der Waals surface area contributed by atoms with Crippen molar-refractivity contribution in [2.45, 2.75) is 38.8 Å². The van der Waals surface area contributed by atoms with Crippen LogP contribution in [0.25, 0.3) is 0 Å². The third-order valence-electron chi connectivity index (χ3n) is 4.67. The first kappa shape index (κ1) is 14.8. The molecule has 2 aliphatic rings. The first-order chi connectivity index (χ1) is 11.3. The topological polar surface area (TPSA) is 51.2 Å². The Morgan fingerprint density at radius 1 is 1.30 bits per heavy atom. The number of hydrogen-bond acceptors (Lipinski definition) is 4. The molecule has 1 N–H and O–H groups in total. The highest BCUT2D eigenvalue weighted by Gasteiger charge is 2.24. The number of fused-ring (bicyclic) bond motifs is 2. The summed E-state index contributed by atoms with van der Waals surface area (Å²) in [6.45, 7) is 1.96. The van der Waals surface area contributed by atoms with Crippen LogP contribution >= 0.6 is 11.3 Å². The molecule has 1 aliphatic heterocycles. The van der Waals surface area contributed by atoms with Gasteiger partial charge in [-0.25, -0.2) is 4.98 Å². The van der Waals surface area contributed by atoms with Gasteiger partial charge in [-0.1, -0.05) is 24.3 Å². The van der Waals surface area contributed by atoms with Crippen LogP contribution in [0.3, 0.4) is 0 Å². The van der Waals surface area contributed by atoms with Crippen LogP contribution in [0.1, 0.15) is 33.1 Å². The maximum atomic E-state index is 12.5. The minimum absolute atomic E-state index is 0.0859. The van der Waals surface area contributed by atoms with E-state index in [0.29, 0.717) is 13.2 Å². The molecule has 2 aromatic rings. The highest BCUT2D eigenvalue weighted by Crippen LogP contribution is 2.26. The van der Waals surface area contributed by atoms with Crippen LogP contribution in [-0.2, 0) is 41.9 Å². The van der Waals surface area contributed by atoms with Crippen LogP contribution in [-0.4, -0.2) is 17.5 Å². The zero-order chi connectivity index (χ0) is 15.6. The number of ether oxygens (including phenoxy) is 1. The van der Waals surface area contributed by atoms with Gasteiger partial charge in [-0.3, -0.25) is 4.79 Å². The summed E-state index contributed by atoms with van der Waals surface area (Å²) in [5.74, 6) is 0.242. The lowest BCUT2D eigenvalue weighted by Gasteiger charge is -2.23.